The van der Waals surface area contributed by atoms with Gasteiger partial charge in [-0.25, -0.2) is 9.97 Å². The van der Waals surface area contributed by atoms with Crippen molar-refractivity contribution in [3.63, 3.8) is 0 Å². The molecule has 0 saturated carbocycles. The predicted molar refractivity (Wildman–Crippen MR) is 76.9 cm³/mol. The molecule has 0 saturated heterocycles. The highest BCUT2D eigenvalue weighted by Gasteiger charge is 2.25. The molecule has 2 aromatic heterocycles. The molecule has 0 fully saturated rings. The van der Waals surface area contributed by atoms with Crippen LogP contribution in [0, 0.1) is 6.92 Å². The van der Waals surface area contributed by atoms with E-state index < -0.39 is 5.91 Å². The molecule has 8 nitrogen and oxygen atoms in total. The molecule has 0 bridgehead atoms. The maximum absolute atomic E-state index is 12.5. The summed E-state index contributed by atoms with van der Waals surface area (Å²) in [5.74, 6) is -0.845. The van der Waals surface area contributed by atoms with Crippen LogP contribution in [0.5, 0.6) is 0 Å². The molecule has 1 aliphatic heterocycles. The summed E-state index contributed by atoms with van der Waals surface area (Å²) < 4.78 is 1.67. The van der Waals surface area contributed by atoms with Crippen LogP contribution >= 0.6 is 0 Å². The number of carbonyl (C=O) groups is 2. The lowest BCUT2D eigenvalue weighted by molar-refractivity contribution is 0.0725. The highest BCUT2D eigenvalue weighted by atomic mass is 16.2. The van der Waals surface area contributed by atoms with Gasteiger partial charge < -0.3 is 10.6 Å². The lowest BCUT2D eigenvalue weighted by Gasteiger charge is -2.27. The number of fused-ring (bicyclic) bond motifs is 1. The molecule has 0 aliphatic carbocycles. The highest BCUT2D eigenvalue weighted by molar-refractivity contribution is 5.92. The summed E-state index contributed by atoms with van der Waals surface area (Å²) in [6.07, 6.45) is 2.25. The van der Waals surface area contributed by atoms with Crippen molar-refractivity contribution in [1.82, 2.24) is 24.6 Å². The molecule has 1 aliphatic rings. The van der Waals surface area contributed by atoms with Gasteiger partial charge in [0.15, 0.2) is 5.69 Å². The van der Waals surface area contributed by atoms with Gasteiger partial charge in [-0.1, -0.05) is 0 Å². The number of nitrogens with zero attached hydrogens (tertiary/aromatic N) is 5. The van der Waals surface area contributed by atoms with Gasteiger partial charge in [-0.05, 0) is 25.0 Å². The van der Waals surface area contributed by atoms with Gasteiger partial charge in [-0.2, -0.15) is 5.10 Å². The molecule has 3 heterocycles. The molecule has 3 rings (SSSR count). The lowest BCUT2D eigenvalue weighted by atomic mass is 10.1. The number of aryl methyl sites for hydroxylation is 2. The molecule has 8 heteroatoms. The first-order chi connectivity index (χ1) is 10.5. The summed E-state index contributed by atoms with van der Waals surface area (Å²) in [7, 11) is 1.80. The van der Waals surface area contributed by atoms with E-state index in [1.165, 1.54) is 0 Å². The number of nitrogens with two attached hydrogens (primary N) is 1. The Hall–Kier alpha value is -2.77. The summed E-state index contributed by atoms with van der Waals surface area (Å²) >= 11 is 0. The van der Waals surface area contributed by atoms with Gasteiger partial charge in [0.2, 0.25) is 5.82 Å². The standard InChI is InChI=1S/C14H16N6O2/c1-8-5-10(18-19(8)2)14(22)20-4-3-9-6-16-13(12(15)21)17-11(9)7-20/h5-6H,3-4,7H2,1-2H3,(H2,15,21). The minimum atomic E-state index is -0.674. The van der Waals surface area contributed by atoms with E-state index in [0.29, 0.717) is 30.9 Å². The summed E-state index contributed by atoms with van der Waals surface area (Å²) in [6.45, 7) is 2.79. The van der Waals surface area contributed by atoms with E-state index >= 15 is 0 Å². The van der Waals surface area contributed by atoms with Gasteiger partial charge in [0.25, 0.3) is 11.8 Å². The van der Waals surface area contributed by atoms with Gasteiger partial charge >= 0.3 is 0 Å². The Morgan fingerprint density at radius 1 is 1.36 bits per heavy atom. The van der Waals surface area contributed by atoms with Gasteiger partial charge in [0.05, 0.1) is 12.2 Å². The SMILES string of the molecule is Cc1cc(C(=O)N2CCc3cnc(C(N)=O)nc3C2)nn1C. The van der Waals surface area contributed by atoms with Crippen molar-refractivity contribution in [3.8, 4) is 0 Å². The zero-order valence-electron chi connectivity index (χ0n) is 12.4. The first-order valence-corrected chi connectivity index (χ1v) is 6.90. The number of amides is 2. The molecule has 0 atom stereocenters. The Balaban J connectivity index is 1.85. The van der Waals surface area contributed by atoms with Crippen molar-refractivity contribution < 1.29 is 9.59 Å². The second-order valence-electron chi connectivity index (χ2n) is 5.30. The molecular weight excluding hydrogens is 284 g/mol. The second kappa shape index (κ2) is 5.21. The van der Waals surface area contributed by atoms with Crippen LogP contribution in [0.3, 0.4) is 0 Å². The van der Waals surface area contributed by atoms with E-state index in [-0.39, 0.29) is 11.7 Å². The number of carbonyl (C=O) groups excluding carboxylic acids is 2. The van der Waals surface area contributed by atoms with Gasteiger partial charge in [-0.15, -0.1) is 0 Å². The van der Waals surface area contributed by atoms with Crippen LogP contribution in [0.4, 0.5) is 0 Å². The summed E-state index contributed by atoms with van der Waals surface area (Å²) in [5, 5.41) is 4.21. The summed E-state index contributed by atoms with van der Waals surface area (Å²) in [5.41, 5.74) is 8.12. The van der Waals surface area contributed by atoms with Crippen LogP contribution in [0.1, 0.15) is 38.1 Å². The van der Waals surface area contributed by atoms with Crippen LogP contribution in [-0.2, 0) is 20.0 Å². The molecular formula is C14H16N6O2. The Morgan fingerprint density at radius 3 is 2.77 bits per heavy atom. The van der Waals surface area contributed by atoms with Crippen molar-refractivity contribution in [2.24, 2.45) is 12.8 Å². The Bertz CT molecular complexity index is 747. The average Bonchev–Trinajstić information content (AvgIpc) is 2.84. The van der Waals surface area contributed by atoms with Crippen LogP contribution in [0.15, 0.2) is 12.3 Å². The van der Waals surface area contributed by atoms with E-state index in [2.05, 4.69) is 15.1 Å². The lowest BCUT2D eigenvalue weighted by Crippen LogP contribution is -2.37. The molecule has 2 N–H and O–H groups in total. The van der Waals surface area contributed by atoms with E-state index in [4.69, 9.17) is 5.73 Å². The Kier molecular flexibility index (Phi) is 3.36. The minimum absolute atomic E-state index is 0.0262. The van der Waals surface area contributed by atoms with Crippen molar-refractivity contribution in [3.05, 3.63) is 40.7 Å². The van der Waals surface area contributed by atoms with Crippen molar-refractivity contribution in [1.29, 1.82) is 0 Å². The van der Waals surface area contributed by atoms with Crippen molar-refractivity contribution in [2.45, 2.75) is 19.9 Å². The molecule has 0 radical (unpaired) electrons. The quantitative estimate of drug-likeness (QED) is 0.827. The maximum atomic E-state index is 12.5. The summed E-state index contributed by atoms with van der Waals surface area (Å²) in [6, 6.07) is 1.76. The van der Waals surface area contributed by atoms with E-state index in [1.54, 1.807) is 28.9 Å². The molecule has 0 unspecified atom stereocenters. The molecule has 2 amide bonds. The number of hydrogen-bond acceptors (Lipinski definition) is 5. The average molecular weight is 300 g/mol. The van der Waals surface area contributed by atoms with E-state index in [1.807, 2.05) is 6.92 Å². The van der Waals surface area contributed by atoms with E-state index in [9.17, 15) is 9.59 Å². The first kappa shape index (κ1) is 14.2. The highest BCUT2D eigenvalue weighted by Crippen LogP contribution is 2.18. The van der Waals surface area contributed by atoms with Crippen LogP contribution in [-0.4, -0.2) is 43.0 Å². The van der Waals surface area contributed by atoms with Gasteiger partial charge in [0, 0.05) is 25.5 Å². The largest absolute Gasteiger partial charge is 0.363 e. The Labute approximate surface area is 127 Å². The number of aromatic nitrogens is 4. The molecule has 22 heavy (non-hydrogen) atoms. The molecule has 2 aromatic rings. The predicted octanol–water partition coefficient (Wildman–Crippen LogP) is -0.184. The topological polar surface area (TPSA) is 107 Å². The third-order valence-electron chi connectivity index (χ3n) is 3.79. The molecule has 0 aromatic carbocycles. The van der Waals surface area contributed by atoms with E-state index in [0.717, 1.165) is 11.3 Å². The monoisotopic (exact) mass is 300 g/mol. The fraction of sp³-hybridized carbons (Fsp3) is 0.357. The minimum Gasteiger partial charge on any atom is -0.363 e. The van der Waals surface area contributed by atoms with Gasteiger partial charge in [0.1, 0.15) is 0 Å². The smallest absolute Gasteiger partial charge is 0.286 e. The molecule has 0 spiro atoms. The van der Waals surface area contributed by atoms with Crippen molar-refractivity contribution >= 4 is 11.8 Å². The zero-order valence-corrected chi connectivity index (χ0v) is 12.4. The van der Waals surface area contributed by atoms with Crippen LogP contribution in [0.2, 0.25) is 0 Å². The summed E-state index contributed by atoms with van der Waals surface area (Å²) in [4.78, 5) is 33.4. The fourth-order valence-electron chi connectivity index (χ4n) is 2.42. The maximum Gasteiger partial charge on any atom is 0.286 e. The third-order valence-corrected chi connectivity index (χ3v) is 3.79. The van der Waals surface area contributed by atoms with Crippen molar-refractivity contribution in [2.75, 3.05) is 6.54 Å². The molecule has 114 valence electrons. The van der Waals surface area contributed by atoms with Gasteiger partial charge in [-0.3, -0.25) is 14.3 Å². The first-order valence-electron chi connectivity index (χ1n) is 6.90. The number of rotatable bonds is 2. The fourth-order valence-corrected chi connectivity index (χ4v) is 2.42. The zero-order chi connectivity index (χ0) is 15.9. The third kappa shape index (κ3) is 2.43. The van der Waals surface area contributed by atoms with Crippen LogP contribution in [0.25, 0.3) is 0 Å². The van der Waals surface area contributed by atoms with Crippen LogP contribution < -0.4 is 5.73 Å². The second-order valence-corrected chi connectivity index (χ2v) is 5.30. The number of primary amides is 1. The normalized spacial score (nSPS) is 13.8. The number of hydrogen-bond donors (Lipinski definition) is 1. The Morgan fingerprint density at radius 2 is 2.14 bits per heavy atom.